The third-order valence-corrected chi connectivity index (χ3v) is 6.44. The monoisotopic (exact) mass is 449 g/mol. The Bertz CT molecular complexity index is 1050. The molecular weight excluding hydrogens is 426 g/mol. The minimum absolute atomic E-state index is 0.147. The van der Waals surface area contributed by atoms with Crippen molar-refractivity contribution in [2.24, 2.45) is 0 Å². The first-order valence-electron chi connectivity index (χ1n) is 9.62. The summed E-state index contributed by atoms with van der Waals surface area (Å²) in [5.41, 5.74) is 1.02. The Kier molecular flexibility index (Phi) is 6.67. The molecule has 1 N–H and O–H groups in total. The molecule has 2 aromatic carbocycles. The van der Waals surface area contributed by atoms with E-state index in [2.05, 4.69) is 5.32 Å². The van der Waals surface area contributed by atoms with Crippen molar-refractivity contribution in [3.8, 4) is 0 Å². The Hall–Kier alpha value is -2.58. The molecular formula is C21H24ClN3O4S. The van der Waals surface area contributed by atoms with Crippen LogP contribution in [-0.2, 0) is 14.8 Å². The van der Waals surface area contributed by atoms with Gasteiger partial charge in [0.2, 0.25) is 15.9 Å². The van der Waals surface area contributed by atoms with Crippen molar-refractivity contribution in [1.29, 1.82) is 0 Å². The number of nitrogens with zero attached hydrogens (tertiary/aromatic N) is 2. The summed E-state index contributed by atoms with van der Waals surface area (Å²) in [4.78, 5) is 27.6. The van der Waals surface area contributed by atoms with Gasteiger partial charge in [0, 0.05) is 18.1 Å². The van der Waals surface area contributed by atoms with Gasteiger partial charge >= 0.3 is 0 Å². The molecule has 1 atom stereocenters. The number of anilines is 2. The Morgan fingerprint density at radius 2 is 1.77 bits per heavy atom. The summed E-state index contributed by atoms with van der Waals surface area (Å²) < 4.78 is 25.9. The summed E-state index contributed by atoms with van der Waals surface area (Å²) in [5.74, 6) is -0.701. The zero-order valence-corrected chi connectivity index (χ0v) is 18.4. The average molecular weight is 450 g/mol. The van der Waals surface area contributed by atoms with Crippen LogP contribution in [0.3, 0.4) is 0 Å². The van der Waals surface area contributed by atoms with Gasteiger partial charge in [-0.05, 0) is 50.1 Å². The predicted octanol–water partition coefficient (Wildman–Crippen LogP) is 3.37. The van der Waals surface area contributed by atoms with Crippen LogP contribution in [-0.4, -0.2) is 50.5 Å². The number of amides is 2. The highest BCUT2D eigenvalue weighted by atomic mass is 35.5. The molecule has 1 aliphatic heterocycles. The molecule has 3 rings (SSSR count). The fourth-order valence-electron chi connectivity index (χ4n) is 3.53. The largest absolute Gasteiger partial charge is 0.339 e. The standard InChI is InChI=1S/C21H24ClN3O4S/c1-15(25(30(2,28)29)17-9-7-8-16(22)14-17)20(26)23-19-11-4-3-10-18(19)21(27)24-12-5-6-13-24/h3-4,7-11,14-15H,5-6,12-13H2,1-2H3,(H,23,26)/t15-/m1/s1. The van der Waals surface area contributed by atoms with Crippen LogP contribution in [0, 0.1) is 0 Å². The van der Waals surface area contributed by atoms with E-state index in [-0.39, 0.29) is 11.6 Å². The Morgan fingerprint density at radius 1 is 1.10 bits per heavy atom. The zero-order chi connectivity index (χ0) is 21.9. The smallest absolute Gasteiger partial charge is 0.255 e. The highest BCUT2D eigenvalue weighted by Crippen LogP contribution is 2.26. The normalized spacial score (nSPS) is 15.0. The molecule has 7 nitrogen and oxygen atoms in total. The van der Waals surface area contributed by atoms with Gasteiger partial charge in [-0.15, -0.1) is 0 Å². The molecule has 1 heterocycles. The average Bonchev–Trinajstić information content (AvgIpc) is 3.21. The molecule has 0 spiro atoms. The number of benzene rings is 2. The molecule has 30 heavy (non-hydrogen) atoms. The minimum Gasteiger partial charge on any atom is -0.339 e. The van der Waals surface area contributed by atoms with Crippen LogP contribution in [0.15, 0.2) is 48.5 Å². The van der Waals surface area contributed by atoms with Crippen LogP contribution in [0.5, 0.6) is 0 Å². The first kappa shape index (κ1) is 22.1. The third kappa shape index (κ3) is 4.94. The van der Waals surface area contributed by atoms with Crippen LogP contribution in [0.2, 0.25) is 5.02 Å². The molecule has 2 amide bonds. The molecule has 0 bridgehead atoms. The number of likely N-dealkylation sites (tertiary alicyclic amines) is 1. The SMILES string of the molecule is C[C@H](C(=O)Nc1ccccc1C(=O)N1CCCC1)N(c1cccc(Cl)c1)S(C)(=O)=O. The summed E-state index contributed by atoms with van der Waals surface area (Å²) in [5, 5.41) is 3.08. The highest BCUT2D eigenvalue weighted by molar-refractivity contribution is 7.92. The predicted molar refractivity (Wildman–Crippen MR) is 118 cm³/mol. The second-order valence-electron chi connectivity index (χ2n) is 7.25. The summed E-state index contributed by atoms with van der Waals surface area (Å²) in [6.45, 7) is 2.87. The molecule has 9 heteroatoms. The summed E-state index contributed by atoms with van der Waals surface area (Å²) >= 11 is 6.01. The number of para-hydroxylation sites is 1. The van der Waals surface area contributed by atoms with Crippen molar-refractivity contribution >= 4 is 44.8 Å². The summed E-state index contributed by atoms with van der Waals surface area (Å²) in [7, 11) is -3.77. The number of rotatable bonds is 6. The molecule has 0 aliphatic carbocycles. The van der Waals surface area contributed by atoms with Gasteiger partial charge in [-0.25, -0.2) is 8.42 Å². The maximum absolute atomic E-state index is 13.0. The van der Waals surface area contributed by atoms with Crippen molar-refractivity contribution < 1.29 is 18.0 Å². The Balaban J connectivity index is 1.87. The number of hydrogen-bond acceptors (Lipinski definition) is 4. The number of sulfonamides is 1. The van der Waals surface area contributed by atoms with Crippen molar-refractivity contribution in [1.82, 2.24) is 4.90 Å². The molecule has 0 radical (unpaired) electrons. The second-order valence-corrected chi connectivity index (χ2v) is 9.54. The third-order valence-electron chi connectivity index (χ3n) is 4.96. The molecule has 160 valence electrons. The zero-order valence-electron chi connectivity index (χ0n) is 16.8. The summed E-state index contributed by atoms with van der Waals surface area (Å²) in [6.07, 6.45) is 2.95. The van der Waals surface area contributed by atoms with Gasteiger partial charge in [0.05, 0.1) is 23.2 Å². The number of hydrogen-bond donors (Lipinski definition) is 1. The van der Waals surface area contributed by atoms with E-state index in [0.29, 0.717) is 29.4 Å². The van der Waals surface area contributed by atoms with Crippen LogP contribution in [0.25, 0.3) is 0 Å². The van der Waals surface area contributed by atoms with Gasteiger partial charge in [0.1, 0.15) is 6.04 Å². The van der Waals surface area contributed by atoms with Gasteiger partial charge < -0.3 is 10.2 Å². The van der Waals surface area contributed by atoms with E-state index in [0.717, 1.165) is 23.4 Å². The number of nitrogens with one attached hydrogen (secondary N) is 1. The molecule has 1 fully saturated rings. The second kappa shape index (κ2) is 9.06. The molecule has 1 saturated heterocycles. The fourth-order valence-corrected chi connectivity index (χ4v) is 4.88. The lowest BCUT2D eigenvalue weighted by Crippen LogP contribution is -2.45. The lowest BCUT2D eigenvalue weighted by molar-refractivity contribution is -0.116. The van der Waals surface area contributed by atoms with Crippen molar-refractivity contribution in [3.63, 3.8) is 0 Å². The van der Waals surface area contributed by atoms with E-state index >= 15 is 0 Å². The highest BCUT2D eigenvalue weighted by Gasteiger charge is 2.30. The van der Waals surface area contributed by atoms with E-state index in [1.54, 1.807) is 47.4 Å². The molecule has 0 unspecified atom stereocenters. The maximum Gasteiger partial charge on any atom is 0.255 e. The molecule has 2 aromatic rings. The molecule has 0 aromatic heterocycles. The van der Waals surface area contributed by atoms with E-state index in [1.807, 2.05) is 0 Å². The molecule has 0 saturated carbocycles. The fraction of sp³-hybridized carbons (Fsp3) is 0.333. The van der Waals surface area contributed by atoms with Gasteiger partial charge in [0.15, 0.2) is 0 Å². The lowest BCUT2D eigenvalue weighted by Gasteiger charge is -2.28. The quantitative estimate of drug-likeness (QED) is 0.732. The maximum atomic E-state index is 13.0. The van der Waals surface area contributed by atoms with Gasteiger partial charge in [0.25, 0.3) is 5.91 Å². The topological polar surface area (TPSA) is 86.8 Å². The lowest BCUT2D eigenvalue weighted by atomic mass is 10.1. The van der Waals surface area contributed by atoms with Gasteiger partial charge in [-0.1, -0.05) is 29.8 Å². The van der Waals surface area contributed by atoms with Crippen LogP contribution < -0.4 is 9.62 Å². The van der Waals surface area contributed by atoms with Crippen molar-refractivity contribution in [2.75, 3.05) is 29.0 Å². The minimum atomic E-state index is -3.77. The summed E-state index contributed by atoms with van der Waals surface area (Å²) in [6, 6.07) is 12.0. The van der Waals surface area contributed by atoms with E-state index in [9.17, 15) is 18.0 Å². The van der Waals surface area contributed by atoms with Crippen molar-refractivity contribution in [2.45, 2.75) is 25.8 Å². The van der Waals surface area contributed by atoms with E-state index in [1.165, 1.54) is 13.0 Å². The Morgan fingerprint density at radius 3 is 2.40 bits per heavy atom. The number of halogens is 1. The van der Waals surface area contributed by atoms with E-state index in [4.69, 9.17) is 11.6 Å². The first-order chi connectivity index (χ1) is 14.2. The number of carbonyl (C=O) groups is 2. The molecule has 1 aliphatic rings. The Labute approximate surface area is 181 Å². The van der Waals surface area contributed by atoms with Gasteiger partial charge in [-0.3, -0.25) is 13.9 Å². The van der Waals surface area contributed by atoms with Gasteiger partial charge in [-0.2, -0.15) is 0 Å². The first-order valence-corrected chi connectivity index (χ1v) is 11.9. The van der Waals surface area contributed by atoms with Crippen LogP contribution >= 0.6 is 11.6 Å². The van der Waals surface area contributed by atoms with Crippen LogP contribution in [0.1, 0.15) is 30.1 Å². The van der Waals surface area contributed by atoms with E-state index < -0.39 is 22.0 Å². The number of carbonyl (C=O) groups excluding carboxylic acids is 2. The van der Waals surface area contributed by atoms with Crippen molar-refractivity contribution in [3.05, 3.63) is 59.1 Å². The van der Waals surface area contributed by atoms with Crippen LogP contribution in [0.4, 0.5) is 11.4 Å².